The lowest BCUT2D eigenvalue weighted by Crippen LogP contribution is -2.33. The third-order valence-corrected chi connectivity index (χ3v) is 7.96. The lowest BCUT2D eigenvalue weighted by Gasteiger charge is -2.14. The first-order valence-electron chi connectivity index (χ1n) is 10.5. The molecule has 4 rings (SSSR count). The zero-order valence-corrected chi connectivity index (χ0v) is 18.1. The van der Waals surface area contributed by atoms with Crippen molar-refractivity contribution in [2.24, 2.45) is 0 Å². The Morgan fingerprint density at radius 1 is 1.23 bits per heavy atom. The van der Waals surface area contributed by atoms with Gasteiger partial charge in [0.25, 0.3) is 0 Å². The van der Waals surface area contributed by atoms with E-state index < -0.39 is 9.73 Å². The van der Waals surface area contributed by atoms with E-state index in [2.05, 4.69) is 20.8 Å². The highest BCUT2D eigenvalue weighted by molar-refractivity contribution is 7.93. The van der Waals surface area contributed by atoms with Crippen molar-refractivity contribution in [3.8, 4) is 0 Å². The van der Waals surface area contributed by atoms with E-state index in [0.29, 0.717) is 10.7 Å². The molecule has 1 heterocycles. The lowest BCUT2D eigenvalue weighted by molar-refractivity contribution is 0.0981. The van der Waals surface area contributed by atoms with E-state index in [4.69, 9.17) is 9.52 Å². The van der Waals surface area contributed by atoms with Gasteiger partial charge in [0.1, 0.15) is 6.10 Å². The summed E-state index contributed by atoms with van der Waals surface area (Å²) in [5.41, 5.74) is 1.85. The number of carbonyl (C=O) groups excluding carboxylic acids is 1. The molecule has 0 spiro atoms. The minimum atomic E-state index is -2.67. The van der Waals surface area contributed by atoms with Crippen molar-refractivity contribution in [3.63, 3.8) is 0 Å². The van der Waals surface area contributed by atoms with E-state index >= 15 is 0 Å². The van der Waals surface area contributed by atoms with Crippen LogP contribution in [0.15, 0.2) is 35.2 Å². The van der Waals surface area contributed by atoms with Gasteiger partial charge in [0.15, 0.2) is 5.82 Å². The van der Waals surface area contributed by atoms with Crippen molar-refractivity contribution in [3.05, 3.63) is 36.0 Å². The minimum Gasteiger partial charge on any atom is -0.446 e. The largest absolute Gasteiger partial charge is 0.446 e. The summed E-state index contributed by atoms with van der Waals surface area (Å²) < 4.78 is 26.1. The summed E-state index contributed by atoms with van der Waals surface area (Å²) in [6.45, 7) is 3.81. The zero-order chi connectivity index (χ0) is 21.3. The molecule has 2 fully saturated rings. The third kappa shape index (κ3) is 4.77. The van der Waals surface area contributed by atoms with Crippen LogP contribution in [0, 0.1) is 4.78 Å². The van der Waals surface area contributed by atoms with Gasteiger partial charge in [0.2, 0.25) is 0 Å². The van der Waals surface area contributed by atoms with Gasteiger partial charge < -0.3 is 15.4 Å². The van der Waals surface area contributed by atoms with Crippen LogP contribution >= 0.6 is 0 Å². The highest BCUT2D eigenvalue weighted by atomic mass is 32.2. The number of carbonyl (C=O) groups is 1. The van der Waals surface area contributed by atoms with Crippen LogP contribution in [0.1, 0.15) is 57.6 Å². The number of aromatic amines is 1. The highest BCUT2D eigenvalue weighted by Crippen LogP contribution is 2.37. The van der Waals surface area contributed by atoms with E-state index in [-0.39, 0.29) is 29.4 Å². The fourth-order valence-corrected chi connectivity index (χ4v) is 5.57. The van der Waals surface area contributed by atoms with E-state index in [1.54, 1.807) is 12.1 Å². The number of anilines is 2. The lowest BCUT2D eigenvalue weighted by atomic mass is 10.0. The number of amides is 1. The second-order valence-electron chi connectivity index (χ2n) is 8.49. The Morgan fingerprint density at radius 3 is 2.63 bits per heavy atom. The molecule has 2 saturated carbocycles. The first-order chi connectivity index (χ1) is 14.3. The first kappa shape index (κ1) is 20.7. The van der Waals surface area contributed by atoms with Crippen LogP contribution in [0.25, 0.3) is 0 Å². The van der Waals surface area contributed by atoms with Crippen LogP contribution in [0.3, 0.4) is 0 Å². The fraction of sp³-hybridized carbons (Fsp3) is 0.524. The fourth-order valence-electron chi connectivity index (χ4n) is 3.84. The predicted octanol–water partition coefficient (Wildman–Crippen LogP) is 4.49. The quantitative estimate of drug-likeness (QED) is 0.515. The molecule has 3 unspecified atom stereocenters. The minimum absolute atomic E-state index is 0.0147. The van der Waals surface area contributed by atoms with Crippen LogP contribution in [-0.4, -0.2) is 37.9 Å². The SMILES string of the molecule is CC(C)NC(=O)OC1CCC(c2cc(Nc3ccc(S(=N)(=O)C4CC4)cc3)n[nH]2)C1. The van der Waals surface area contributed by atoms with Gasteiger partial charge in [-0.25, -0.2) is 13.8 Å². The number of hydrogen-bond donors (Lipinski definition) is 4. The second kappa shape index (κ2) is 8.29. The molecule has 2 aliphatic rings. The number of nitrogens with zero attached hydrogens (tertiary/aromatic N) is 1. The average Bonchev–Trinajstić information content (AvgIpc) is 3.30. The molecule has 0 saturated heterocycles. The van der Waals surface area contributed by atoms with Crippen molar-refractivity contribution in [1.82, 2.24) is 15.5 Å². The van der Waals surface area contributed by atoms with Gasteiger partial charge >= 0.3 is 6.09 Å². The monoisotopic (exact) mass is 431 g/mol. The van der Waals surface area contributed by atoms with E-state index in [0.717, 1.165) is 43.5 Å². The molecule has 3 atom stereocenters. The Morgan fingerprint density at radius 2 is 1.97 bits per heavy atom. The van der Waals surface area contributed by atoms with Crippen molar-refractivity contribution < 1.29 is 13.7 Å². The molecule has 2 aliphatic carbocycles. The van der Waals surface area contributed by atoms with Gasteiger partial charge in [-0.05, 0) is 70.2 Å². The summed E-state index contributed by atoms with van der Waals surface area (Å²) in [5, 5.41) is 13.4. The van der Waals surface area contributed by atoms with Gasteiger partial charge in [-0.3, -0.25) is 5.10 Å². The van der Waals surface area contributed by atoms with E-state index in [9.17, 15) is 9.00 Å². The topological polar surface area (TPSA) is 120 Å². The van der Waals surface area contributed by atoms with Gasteiger partial charge in [-0.2, -0.15) is 5.10 Å². The molecular weight excluding hydrogens is 402 g/mol. The molecule has 162 valence electrons. The average molecular weight is 432 g/mol. The number of alkyl carbamates (subject to hydrolysis) is 1. The summed E-state index contributed by atoms with van der Waals surface area (Å²) in [7, 11) is -2.67. The van der Waals surface area contributed by atoms with Gasteiger partial charge in [0.05, 0.1) is 9.73 Å². The predicted molar refractivity (Wildman–Crippen MR) is 116 cm³/mol. The summed E-state index contributed by atoms with van der Waals surface area (Å²) in [6, 6.07) is 9.26. The van der Waals surface area contributed by atoms with Gasteiger partial charge in [-0.15, -0.1) is 0 Å². The van der Waals surface area contributed by atoms with Crippen LogP contribution in [0.2, 0.25) is 0 Å². The van der Waals surface area contributed by atoms with Crippen LogP contribution in [0.5, 0.6) is 0 Å². The highest BCUT2D eigenvalue weighted by Gasteiger charge is 2.33. The number of ether oxygens (including phenoxy) is 1. The standard InChI is InChI=1S/C21H29N5O3S/c1-13(2)23-21(27)29-16-6-3-14(11-16)19-12-20(26-25-19)24-15-4-7-17(8-5-15)30(22,28)18-9-10-18/h4-5,7-8,12-14,16,18,22H,3,6,9-11H2,1-2H3,(H,23,27)(H2,24,25,26). The molecule has 1 aromatic heterocycles. The summed E-state index contributed by atoms with van der Waals surface area (Å²) in [6.07, 6.45) is 3.89. The number of hydrogen-bond acceptors (Lipinski definition) is 6. The maximum atomic E-state index is 12.5. The number of benzene rings is 1. The molecule has 9 heteroatoms. The molecule has 1 aromatic carbocycles. The maximum absolute atomic E-state index is 12.5. The van der Waals surface area contributed by atoms with Gasteiger partial charge in [0, 0.05) is 39.6 Å². The van der Waals surface area contributed by atoms with Crippen molar-refractivity contribution in [1.29, 1.82) is 4.78 Å². The van der Waals surface area contributed by atoms with Crippen molar-refractivity contribution >= 4 is 27.3 Å². The Bertz CT molecular complexity index is 996. The summed E-state index contributed by atoms with van der Waals surface area (Å²) >= 11 is 0. The van der Waals surface area contributed by atoms with Crippen LogP contribution in [0.4, 0.5) is 16.3 Å². The molecule has 4 N–H and O–H groups in total. The Labute approximate surface area is 177 Å². The number of H-pyrrole nitrogens is 1. The zero-order valence-electron chi connectivity index (χ0n) is 17.3. The van der Waals surface area contributed by atoms with E-state index in [1.165, 1.54) is 0 Å². The first-order valence-corrected chi connectivity index (χ1v) is 12.1. The van der Waals surface area contributed by atoms with Crippen LogP contribution < -0.4 is 10.6 Å². The van der Waals surface area contributed by atoms with Crippen molar-refractivity contribution in [2.45, 2.75) is 74.2 Å². The summed E-state index contributed by atoms with van der Waals surface area (Å²) in [5.74, 6) is 0.979. The van der Waals surface area contributed by atoms with Crippen molar-refractivity contribution in [2.75, 3.05) is 5.32 Å². The molecule has 1 amide bonds. The Hall–Kier alpha value is -2.55. The molecule has 0 aliphatic heterocycles. The summed E-state index contributed by atoms with van der Waals surface area (Å²) in [4.78, 5) is 12.4. The normalized spacial score (nSPS) is 23.2. The smallest absolute Gasteiger partial charge is 0.407 e. The maximum Gasteiger partial charge on any atom is 0.407 e. The molecule has 0 bridgehead atoms. The second-order valence-corrected chi connectivity index (χ2v) is 10.8. The van der Waals surface area contributed by atoms with E-state index in [1.807, 2.05) is 32.0 Å². The molecule has 30 heavy (non-hydrogen) atoms. The Balaban J connectivity index is 1.33. The number of rotatable bonds is 7. The molecule has 0 radical (unpaired) electrons. The number of nitrogens with one attached hydrogen (secondary N) is 4. The van der Waals surface area contributed by atoms with Crippen LogP contribution in [-0.2, 0) is 14.5 Å². The Kier molecular flexibility index (Phi) is 5.73. The third-order valence-electron chi connectivity index (χ3n) is 5.57. The number of aromatic nitrogens is 2. The molecule has 2 aromatic rings. The molecule has 8 nitrogen and oxygen atoms in total. The molecular formula is C21H29N5O3S. The van der Waals surface area contributed by atoms with Gasteiger partial charge in [-0.1, -0.05) is 0 Å².